The zero-order chi connectivity index (χ0) is 21.4. The quantitative estimate of drug-likeness (QED) is 0.679. The second-order valence-corrected chi connectivity index (χ2v) is 10.1. The van der Waals surface area contributed by atoms with E-state index in [-0.39, 0.29) is 16.4 Å². The molecule has 2 aliphatic heterocycles. The fourth-order valence-electron chi connectivity index (χ4n) is 4.62. The molecule has 1 aromatic carbocycles. The third-order valence-electron chi connectivity index (χ3n) is 6.25. The fraction of sp³-hybridized carbons (Fsp3) is 0.600. The molecule has 0 saturated carbocycles. The number of likely N-dealkylation sites (tertiary alicyclic amines) is 1. The van der Waals surface area contributed by atoms with Crippen LogP contribution < -0.4 is 4.74 Å². The van der Waals surface area contributed by atoms with Crippen LogP contribution in [0.4, 0.5) is 0 Å². The van der Waals surface area contributed by atoms with E-state index in [0.717, 1.165) is 25.8 Å². The number of rotatable bonds is 6. The average molecular weight is 437 g/mol. The van der Waals surface area contributed by atoms with Gasteiger partial charge in [0.25, 0.3) is 5.89 Å². The van der Waals surface area contributed by atoms with E-state index in [1.165, 1.54) is 7.11 Å². The van der Waals surface area contributed by atoms with Gasteiger partial charge in [0.05, 0.1) is 18.0 Å². The SMILES string of the molecule is COCc1nc(C2CC3(CCN(S(=O)(=O)c4cccc(OC)c4)CC3)CN2C)no1. The molecular formula is C20H28N4O5S. The molecule has 1 spiro atoms. The molecule has 9 nitrogen and oxygen atoms in total. The molecule has 1 unspecified atom stereocenters. The first-order valence-corrected chi connectivity index (χ1v) is 11.5. The van der Waals surface area contributed by atoms with Gasteiger partial charge in [0, 0.05) is 32.8 Å². The van der Waals surface area contributed by atoms with E-state index in [9.17, 15) is 8.42 Å². The minimum Gasteiger partial charge on any atom is -0.497 e. The van der Waals surface area contributed by atoms with E-state index in [1.54, 1.807) is 35.7 Å². The van der Waals surface area contributed by atoms with Crippen LogP contribution in [0.1, 0.15) is 37.0 Å². The molecular weight excluding hydrogens is 408 g/mol. The second kappa shape index (κ2) is 8.26. The number of benzene rings is 1. The van der Waals surface area contributed by atoms with E-state index >= 15 is 0 Å². The van der Waals surface area contributed by atoms with Gasteiger partial charge in [-0.3, -0.25) is 4.90 Å². The summed E-state index contributed by atoms with van der Waals surface area (Å²) in [5.41, 5.74) is 0.0574. The average Bonchev–Trinajstić information content (AvgIpc) is 3.33. The molecule has 3 heterocycles. The van der Waals surface area contributed by atoms with Crippen LogP contribution in [0.15, 0.2) is 33.7 Å². The minimum atomic E-state index is -3.54. The first-order chi connectivity index (χ1) is 14.4. The van der Waals surface area contributed by atoms with Crippen molar-refractivity contribution in [3.05, 3.63) is 36.0 Å². The number of hydrogen-bond acceptors (Lipinski definition) is 8. The van der Waals surface area contributed by atoms with E-state index in [1.807, 2.05) is 0 Å². The van der Waals surface area contributed by atoms with Crippen LogP contribution in [0.25, 0.3) is 0 Å². The fourth-order valence-corrected chi connectivity index (χ4v) is 6.09. The van der Waals surface area contributed by atoms with Gasteiger partial charge >= 0.3 is 0 Å². The third-order valence-corrected chi connectivity index (χ3v) is 8.15. The van der Waals surface area contributed by atoms with Crippen molar-refractivity contribution in [2.45, 2.75) is 36.8 Å². The molecule has 2 fully saturated rings. The first kappa shape index (κ1) is 21.2. The van der Waals surface area contributed by atoms with E-state index in [4.69, 9.17) is 14.0 Å². The van der Waals surface area contributed by atoms with Gasteiger partial charge in [-0.2, -0.15) is 9.29 Å². The smallest absolute Gasteiger partial charge is 0.252 e. The van der Waals surface area contributed by atoms with Gasteiger partial charge in [0.15, 0.2) is 5.82 Å². The Kier molecular flexibility index (Phi) is 5.84. The monoisotopic (exact) mass is 436 g/mol. The molecule has 0 amide bonds. The summed E-state index contributed by atoms with van der Waals surface area (Å²) in [6.45, 7) is 2.19. The highest BCUT2D eigenvalue weighted by molar-refractivity contribution is 7.89. The highest BCUT2D eigenvalue weighted by Crippen LogP contribution is 2.48. The number of aromatic nitrogens is 2. The second-order valence-electron chi connectivity index (χ2n) is 8.20. The van der Waals surface area contributed by atoms with E-state index in [2.05, 4.69) is 22.1 Å². The number of sulfonamides is 1. The summed E-state index contributed by atoms with van der Waals surface area (Å²) >= 11 is 0. The largest absolute Gasteiger partial charge is 0.497 e. The van der Waals surface area contributed by atoms with Crippen LogP contribution >= 0.6 is 0 Å². The Balaban J connectivity index is 1.44. The number of hydrogen-bond donors (Lipinski definition) is 0. The van der Waals surface area contributed by atoms with Crippen LogP contribution in [0.3, 0.4) is 0 Å². The van der Waals surface area contributed by atoms with Gasteiger partial charge in [-0.1, -0.05) is 11.2 Å². The van der Waals surface area contributed by atoms with Crippen molar-refractivity contribution in [2.24, 2.45) is 5.41 Å². The lowest BCUT2D eigenvalue weighted by Gasteiger charge is -2.38. The number of methoxy groups -OCH3 is 2. The Bertz CT molecular complexity index is 985. The Morgan fingerprint density at radius 3 is 2.73 bits per heavy atom. The summed E-state index contributed by atoms with van der Waals surface area (Å²) in [4.78, 5) is 6.98. The predicted molar refractivity (Wildman–Crippen MR) is 108 cm³/mol. The van der Waals surface area contributed by atoms with Gasteiger partial charge in [-0.05, 0) is 43.9 Å². The van der Waals surface area contributed by atoms with Crippen molar-refractivity contribution in [3.63, 3.8) is 0 Å². The lowest BCUT2D eigenvalue weighted by atomic mass is 9.77. The molecule has 0 N–H and O–H groups in total. The van der Waals surface area contributed by atoms with Gasteiger partial charge in [-0.15, -0.1) is 0 Å². The molecule has 10 heteroatoms. The standard InChI is InChI=1S/C20H28N4O5S/c1-23-14-20(12-17(23)19-21-18(13-27-2)29-22-19)7-9-24(10-8-20)30(25,26)16-6-4-5-15(11-16)28-3/h4-6,11,17H,7-10,12-14H2,1-3H3. The third kappa shape index (κ3) is 3.96. The molecule has 0 aliphatic carbocycles. The summed E-state index contributed by atoms with van der Waals surface area (Å²) in [6.07, 6.45) is 2.50. The van der Waals surface area contributed by atoms with Gasteiger partial charge in [0.2, 0.25) is 10.0 Å². The van der Waals surface area contributed by atoms with Crippen LogP contribution in [0.5, 0.6) is 5.75 Å². The molecule has 2 saturated heterocycles. The van der Waals surface area contributed by atoms with Crippen molar-refractivity contribution in [2.75, 3.05) is 40.9 Å². The summed E-state index contributed by atoms with van der Waals surface area (Å²) in [6, 6.07) is 6.72. The highest BCUT2D eigenvalue weighted by Gasteiger charge is 2.47. The Morgan fingerprint density at radius 1 is 1.27 bits per heavy atom. The Hall–Kier alpha value is -2.01. The zero-order valence-corrected chi connectivity index (χ0v) is 18.4. The number of nitrogens with zero attached hydrogens (tertiary/aromatic N) is 4. The van der Waals surface area contributed by atoms with Crippen LogP contribution in [0.2, 0.25) is 0 Å². The van der Waals surface area contributed by atoms with Crippen LogP contribution in [-0.2, 0) is 21.4 Å². The maximum Gasteiger partial charge on any atom is 0.252 e. The number of piperidine rings is 1. The zero-order valence-electron chi connectivity index (χ0n) is 17.6. The maximum atomic E-state index is 13.1. The maximum absolute atomic E-state index is 13.1. The highest BCUT2D eigenvalue weighted by atomic mass is 32.2. The molecule has 0 radical (unpaired) electrons. The topological polar surface area (TPSA) is 98.0 Å². The Labute approximate surface area is 177 Å². The lowest BCUT2D eigenvalue weighted by Crippen LogP contribution is -2.44. The molecule has 4 rings (SSSR count). The van der Waals surface area contributed by atoms with E-state index in [0.29, 0.717) is 37.2 Å². The predicted octanol–water partition coefficient (Wildman–Crippen LogP) is 2.07. The van der Waals surface area contributed by atoms with Crippen molar-refractivity contribution < 1.29 is 22.4 Å². The van der Waals surface area contributed by atoms with Crippen molar-refractivity contribution in [3.8, 4) is 5.75 Å². The van der Waals surface area contributed by atoms with Gasteiger partial charge in [0.1, 0.15) is 12.4 Å². The number of ether oxygens (including phenoxy) is 2. The normalized spacial score (nSPS) is 22.6. The molecule has 1 atom stereocenters. The van der Waals surface area contributed by atoms with Crippen LogP contribution in [-0.4, -0.2) is 68.7 Å². The van der Waals surface area contributed by atoms with Crippen molar-refractivity contribution in [1.29, 1.82) is 0 Å². The van der Waals surface area contributed by atoms with Crippen molar-refractivity contribution in [1.82, 2.24) is 19.3 Å². The molecule has 2 aromatic rings. The molecule has 2 aliphatic rings. The summed E-state index contributed by atoms with van der Waals surface area (Å²) in [5.74, 6) is 1.69. The first-order valence-electron chi connectivity index (χ1n) is 10.0. The molecule has 0 bridgehead atoms. The lowest BCUT2D eigenvalue weighted by molar-refractivity contribution is 0.151. The van der Waals surface area contributed by atoms with Crippen molar-refractivity contribution >= 4 is 10.0 Å². The Morgan fingerprint density at radius 2 is 2.03 bits per heavy atom. The van der Waals surface area contributed by atoms with Gasteiger partial charge in [-0.25, -0.2) is 8.42 Å². The molecule has 1 aromatic heterocycles. The van der Waals surface area contributed by atoms with E-state index < -0.39 is 10.0 Å². The van der Waals surface area contributed by atoms with Gasteiger partial charge < -0.3 is 14.0 Å². The molecule has 30 heavy (non-hydrogen) atoms. The minimum absolute atomic E-state index is 0.0574. The van der Waals surface area contributed by atoms with Crippen LogP contribution in [0, 0.1) is 5.41 Å². The summed E-state index contributed by atoms with van der Waals surface area (Å²) in [7, 11) is 1.65. The molecule has 164 valence electrons. The summed E-state index contributed by atoms with van der Waals surface area (Å²) in [5, 5.41) is 4.13. The summed E-state index contributed by atoms with van der Waals surface area (Å²) < 4.78 is 43.3.